The van der Waals surface area contributed by atoms with E-state index in [1.165, 1.54) is 0 Å². The Labute approximate surface area is 151 Å². The minimum atomic E-state index is -0.267. The Morgan fingerprint density at radius 3 is 2.81 bits per heavy atom. The SMILES string of the molecule is O=C(C1CC(=O)N(C2CCOCC2)C1)N1CCn2c1nc1ccccc12. The van der Waals surface area contributed by atoms with Gasteiger partial charge < -0.3 is 14.2 Å². The van der Waals surface area contributed by atoms with Crippen molar-refractivity contribution in [1.82, 2.24) is 14.5 Å². The summed E-state index contributed by atoms with van der Waals surface area (Å²) >= 11 is 0. The molecule has 136 valence electrons. The summed E-state index contributed by atoms with van der Waals surface area (Å²) in [6.07, 6.45) is 2.05. The Balaban J connectivity index is 1.36. The number of rotatable bonds is 2. The van der Waals surface area contributed by atoms with Crippen LogP contribution in [0.1, 0.15) is 19.3 Å². The largest absolute Gasteiger partial charge is 0.381 e. The van der Waals surface area contributed by atoms with Gasteiger partial charge in [-0.3, -0.25) is 14.5 Å². The van der Waals surface area contributed by atoms with Gasteiger partial charge in [0.2, 0.25) is 17.8 Å². The third-order valence-electron chi connectivity index (χ3n) is 5.83. The number of ether oxygens (including phenoxy) is 1. The third kappa shape index (κ3) is 2.41. The molecular weight excluding hydrogens is 332 g/mol. The van der Waals surface area contributed by atoms with Gasteiger partial charge in [0.1, 0.15) is 0 Å². The van der Waals surface area contributed by atoms with E-state index in [-0.39, 0.29) is 23.8 Å². The number of imidazole rings is 1. The summed E-state index contributed by atoms with van der Waals surface area (Å²) < 4.78 is 7.49. The predicted molar refractivity (Wildman–Crippen MR) is 95.7 cm³/mol. The van der Waals surface area contributed by atoms with Crippen LogP contribution in [0.3, 0.4) is 0 Å². The topological polar surface area (TPSA) is 67.7 Å². The second-order valence-electron chi connectivity index (χ2n) is 7.33. The van der Waals surface area contributed by atoms with Crippen molar-refractivity contribution < 1.29 is 14.3 Å². The molecule has 3 aliphatic heterocycles. The molecule has 0 aliphatic carbocycles. The predicted octanol–water partition coefficient (Wildman–Crippen LogP) is 1.41. The lowest BCUT2D eigenvalue weighted by Crippen LogP contribution is -2.42. The molecule has 1 aromatic carbocycles. The monoisotopic (exact) mass is 354 g/mol. The van der Waals surface area contributed by atoms with E-state index in [9.17, 15) is 9.59 Å². The Kier molecular flexibility index (Phi) is 3.70. The van der Waals surface area contributed by atoms with Gasteiger partial charge in [0.25, 0.3) is 0 Å². The van der Waals surface area contributed by atoms with Crippen LogP contribution in [0.4, 0.5) is 5.95 Å². The lowest BCUT2D eigenvalue weighted by Gasteiger charge is -2.31. The molecule has 3 aliphatic rings. The molecular formula is C19H22N4O3. The standard InChI is InChI=1S/C19H22N4O3/c24-17-11-13(12-23(17)14-5-9-26-10-6-14)18(25)22-8-7-21-16-4-2-1-3-15(16)20-19(21)22/h1-4,13-14H,5-12H2. The molecule has 0 saturated carbocycles. The zero-order valence-electron chi connectivity index (χ0n) is 14.6. The van der Waals surface area contributed by atoms with Crippen LogP contribution in [-0.4, -0.2) is 58.6 Å². The summed E-state index contributed by atoms with van der Waals surface area (Å²) in [6.45, 7) is 3.31. The number of aromatic nitrogens is 2. The number of likely N-dealkylation sites (tertiary alicyclic amines) is 1. The van der Waals surface area contributed by atoms with E-state index in [1.54, 1.807) is 4.90 Å². The lowest BCUT2D eigenvalue weighted by molar-refractivity contribution is -0.131. The van der Waals surface area contributed by atoms with Crippen molar-refractivity contribution in [3.8, 4) is 0 Å². The highest BCUT2D eigenvalue weighted by Gasteiger charge is 2.41. The first-order valence-corrected chi connectivity index (χ1v) is 9.36. The van der Waals surface area contributed by atoms with Gasteiger partial charge in [0.05, 0.1) is 17.0 Å². The summed E-state index contributed by atoms with van der Waals surface area (Å²) in [5.74, 6) is 0.579. The molecule has 2 saturated heterocycles. The summed E-state index contributed by atoms with van der Waals surface area (Å²) in [6, 6.07) is 8.17. The second kappa shape index (κ2) is 6.09. The first-order valence-electron chi connectivity index (χ1n) is 9.36. The molecule has 0 bridgehead atoms. The maximum atomic E-state index is 13.1. The second-order valence-corrected chi connectivity index (χ2v) is 7.33. The number of hydrogen-bond acceptors (Lipinski definition) is 4. The number of hydrogen-bond donors (Lipinski definition) is 0. The molecule has 1 aromatic heterocycles. The Morgan fingerprint density at radius 1 is 1.15 bits per heavy atom. The van der Waals surface area contributed by atoms with Gasteiger partial charge >= 0.3 is 0 Å². The van der Waals surface area contributed by atoms with Crippen LogP contribution in [-0.2, 0) is 20.9 Å². The summed E-state index contributed by atoms with van der Waals surface area (Å²) in [4.78, 5) is 33.9. The van der Waals surface area contributed by atoms with E-state index >= 15 is 0 Å². The minimum Gasteiger partial charge on any atom is -0.381 e. The number of fused-ring (bicyclic) bond motifs is 3. The van der Waals surface area contributed by atoms with Crippen molar-refractivity contribution in [1.29, 1.82) is 0 Å². The minimum absolute atomic E-state index is 0.0296. The summed E-state index contributed by atoms with van der Waals surface area (Å²) in [7, 11) is 0. The molecule has 0 N–H and O–H groups in total. The fourth-order valence-electron chi connectivity index (χ4n) is 4.47. The first-order chi connectivity index (χ1) is 12.7. The van der Waals surface area contributed by atoms with Crippen LogP contribution in [0.25, 0.3) is 11.0 Å². The lowest BCUT2D eigenvalue weighted by atomic mass is 10.1. The van der Waals surface area contributed by atoms with Gasteiger partial charge in [-0.15, -0.1) is 0 Å². The van der Waals surface area contributed by atoms with Gasteiger partial charge in [0, 0.05) is 45.3 Å². The van der Waals surface area contributed by atoms with E-state index in [0.717, 1.165) is 30.4 Å². The van der Waals surface area contributed by atoms with Crippen molar-refractivity contribution in [2.75, 3.05) is 31.2 Å². The maximum absolute atomic E-state index is 13.1. The summed E-state index contributed by atoms with van der Waals surface area (Å²) in [5.41, 5.74) is 1.97. The number of carbonyl (C=O) groups excluding carboxylic acids is 2. The molecule has 5 rings (SSSR count). The molecule has 4 heterocycles. The number of nitrogens with zero attached hydrogens (tertiary/aromatic N) is 4. The quantitative estimate of drug-likeness (QED) is 0.818. The van der Waals surface area contributed by atoms with Crippen LogP contribution in [0.2, 0.25) is 0 Å². The normalized spacial score (nSPS) is 23.8. The Bertz CT molecular complexity index is 871. The molecule has 0 spiro atoms. The van der Waals surface area contributed by atoms with E-state index in [0.29, 0.717) is 38.7 Å². The van der Waals surface area contributed by atoms with Crippen LogP contribution < -0.4 is 4.90 Å². The molecule has 7 nitrogen and oxygen atoms in total. The van der Waals surface area contributed by atoms with Crippen molar-refractivity contribution in [3.05, 3.63) is 24.3 Å². The van der Waals surface area contributed by atoms with Crippen molar-refractivity contribution in [2.45, 2.75) is 31.8 Å². The highest BCUT2D eigenvalue weighted by atomic mass is 16.5. The van der Waals surface area contributed by atoms with Crippen LogP contribution in [0.15, 0.2) is 24.3 Å². The Morgan fingerprint density at radius 2 is 1.96 bits per heavy atom. The Hall–Kier alpha value is -2.41. The van der Waals surface area contributed by atoms with Crippen molar-refractivity contribution in [3.63, 3.8) is 0 Å². The highest BCUT2D eigenvalue weighted by molar-refractivity contribution is 5.99. The fraction of sp³-hybridized carbons (Fsp3) is 0.526. The zero-order valence-corrected chi connectivity index (χ0v) is 14.6. The van der Waals surface area contributed by atoms with Crippen molar-refractivity contribution >= 4 is 28.8 Å². The zero-order chi connectivity index (χ0) is 17.7. The molecule has 1 unspecified atom stereocenters. The molecule has 0 radical (unpaired) electrons. The van der Waals surface area contributed by atoms with E-state index < -0.39 is 0 Å². The number of benzene rings is 1. The van der Waals surface area contributed by atoms with Gasteiger partial charge in [0.15, 0.2) is 0 Å². The van der Waals surface area contributed by atoms with E-state index in [1.807, 2.05) is 29.2 Å². The number of anilines is 1. The van der Waals surface area contributed by atoms with Gasteiger partial charge in [-0.05, 0) is 25.0 Å². The molecule has 7 heteroatoms. The van der Waals surface area contributed by atoms with Crippen LogP contribution in [0, 0.1) is 5.92 Å². The molecule has 26 heavy (non-hydrogen) atoms. The first kappa shape index (κ1) is 15.8. The van der Waals surface area contributed by atoms with Crippen LogP contribution in [0.5, 0.6) is 0 Å². The number of carbonyl (C=O) groups is 2. The average Bonchev–Trinajstić information content (AvgIpc) is 3.35. The van der Waals surface area contributed by atoms with Gasteiger partial charge in [-0.2, -0.15) is 0 Å². The maximum Gasteiger partial charge on any atom is 0.234 e. The number of amides is 2. The number of para-hydroxylation sites is 2. The van der Waals surface area contributed by atoms with Crippen LogP contribution >= 0.6 is 0 Å². The molecule has 2 aromatic rings. The van der Waals surface area contributed by atoms with Crippen molar-refractivity contribution in [2.24, 2.45) is 5.92 Å². The van der Waals surface area contributed by atoms with E-state index in [2.05, 4.69) is 9.55 Å². The van der Waals surface area contributed by atoms with Gasteiger partial charge in [-0.1, -0.05) is 12.1 Å². The van der Waals surface area contributed by atoms with Gasteiger partial charge in [-0.25, -0.2) is 4.98 Å². The molecule has 1 atom stereocenters. The molecule has 2 fully saturated rings. The highest BCUT2D eigenvalue weighted by Crippen LogP contribution is 2.31. The average molecular weight is 354 g/mol. The smallest absolute Gasteiger partial charge is 0.234 e. The summed E-state index contributed by atoms with van der Waals surface area (Å²) in [5, 5.41) is 0. The molecule has 2 amide bonds. The third-order valence-corrected chi connectivity index (χ3v) is 5.83. The van der Waals surface area contributed by atoms with E-state index in [4.69, 9.17) is 4.74 Å². The fourth-order valence-corrected chi connectivity index (χ4v) is 4.47.